The van der Waals surface area contributed by atoms with Gasteiger partial charge in [-0.1, -0.05) is 42.3 Å². The van der Waals surface area contributed by atoms with Gasteiger partial charge in [0.15, 0.2) is 17.3 Å². The average molecular weight is 497 g/mol. The summed E-state index contributed by atoms with van der Waals surface area (Å²) in [6.45, 7) is 4.28. The first-order chi connectivity index (χ1) is 18.2. The lowest BCUT2D eigenvalue weighted by Gasteiger charge is -2.37. The molecule has 188 valence electrons. The zero-order chi connectivity index (χ0) is 24.9. The van der Waals surface area contributed by atoms with Gasteiger partial charge in [0.25, 0.3) is 5.91 Å². The second-order valence-electron chi connectivity index (χ2n) is 10.1. The summed E-state index contributed by atoms with van der Waals surface area (Å²) in [7, 11) is 0. The monoisotopic (exact) mass is 496 g/mol. The molecule has 0 bridgehead atoms. The fraction of sp³-hybridized carbons (Fsp3) is 0.345. The van der Waals surface area contributed by atoms with E-state index in [4.69, 9.17) is 8.94 Å². The molecule has 2 aromatic heterocycles. The number of fused-ring (bicyclic) bond motifs is 2. The van der Waals surface area contributed by atoms with Crippen molar-refractivity contribution >= 4 is 34.0 Å². The number of aromatic nitrogens is 1. The summed E-state index contributed by atoms with van der Waals surface area (Å²) in [4.78, 5) is 33.2. The van der Waals surface area contributed by atoms with Crippen molar-refractivity contribution < 1.29 is 18.5 Å². The first-order valence-electron chi connectivity index (χ1n) is 13.1. The molecule has 1 amide bonds. The zero-order valence-electron chi connectivity index (χ0n) is 20.6. The largest absolute Gasteiger partial charge is 0.459 e. The summed E-state index contributed by atoms with van der Waals surface area (Å²) in [5, 5.41) is 5.34. The van der Waals surface area contributed by atoms with Crippen LogP contribution in [-0.2, 0) is 0 Å². The van der Waals surface area contributed by atoms with Gasteiger partial charge in [0.05, 0.1) is 28.6 Å². The summed E-state index contributed by atoms with van der Waals surface area (Å²) in [5.74, 6) is 0.930. The molecule has 0 radical (unpaired) electrons. The zero-order valence-corrected chi connectivity index (χ0v) is 20.6. The van der Waals surface area contributed by atoms with Gasteiger partial charge in [0.1, 0.15) is 5.52 Å². The van der Waals surface area contributed by atoms with Crippen molar-refractivity contribution in [2.75, 3.05) is 49.1 Å². The van der Waals surface area contributed by atoms with E-state index < -0.39 is 0 Å². The molecular formula is C29H28N4O4. The van der Waals surface area contributed by atoms with Crippen molar-refractivity contribution in [3.63, 3.8) is 0 Å². The summed E-state index contributed by atoms with van der Waals surface area (Å²) < 4.78 is 11.3. The molecule has 0 unspecified atom stereocenters. The molecule has 8 nitrogen and oxygen atoms in total. The van der Waals surface area contributed by atoms with Gasteiger partial charge < -0.3 is 23.6 Å². The summed E-state index contributed by atoms with van der Waals surface area (Å²) >= 11 is 0. The molecule has 0 saturated carbocycles. The molecule has 2 aromatic carbocycles. The maximum Gasteiger partial charge on any atom is 0.289 e. The topological polar surface area (TPSA) is 83.0 Å². The maximum absolute atomic E-state index is 13.9. The molecule has 7 rings (SSSR count). The maximum atomic E-state index is 13.9. The fourth-order valence-electron chi connectivity index (χ4n) is 6.03. The number of anilines is 2. The number of benzene rings is 2. The number of carbonyl (C=O) groups excluding carboxylic acids is 2. The smallest absolute Gasteiger partial charge is 0.289 e. The van der Waals surface area contributed by atoms with Crippen molar-refractivity contribution in [1.29, 1.82) is 0 Å². The molecule has 4 heterocycles. The van der Waals surface area contributed by atoms with Gasteiger partial charge in [-0.25, -0.2) is 0 Å². The Morgan fingerprint density at radius 1 is 0.811 bits per heavy atom. The Hall–Kier alpha value is -4.07. The number of carbonyl (C=O) groups is 2. The summed E-state index contributed by atoms with van der Waals surface area (Å²) in [6, 6.07) is 13.2. The van der Waals surface area contributed by atoms with Crippen LogP contribution in [0.2, 0.25) is 0 Å². The van der Waals surface area contributed by atoms with Gasteiger partial charge in [0.2, 0.25) is 0 Å². The normalized spacial score (nSPS) is 17.7. The molecule has 2 aliphatic heterocycles. The highest BCUT2D eigenvalue weighted by Gasteiger charge is 2.36. The number of furan rings is 1. The Labute approximate surface area is 214 Å². The van der Waals surface area contributed by atoms with Crippen LogP contribution in [0.4, 0.5) is 11.4 Å². The molecule has 4 aromatic rings. The molecule has 2 fully saturated rings. The molecular weight excluding hydrogens is 468 g/mol. The number of amides is 1. The number of hydrogen-bond donors (Lipinski definition) is 0. The molecule has 0 N–H and O–H groups in total. The van der Waals surface area contributed by atoms with Crippen LogP contribution >= 0.6 is 0 Å². The number of ketones is 1. The van der Waals surface area contributed by atoms with Crippen molar-refractivity contribution in [3.8, 4) is 11.3 Å². The Bertz CT molecular complexity index is 1490. The van der Waals surface area contributed by atoms with Gasteiger partial charge >= 0.3 is 0 Å². The van der Waals surface area contributed by atoms with Gasteiger partial charge in [0, 0.05) is 50.4 Å². The van der Waals surface area contributed by atoms with Crippen molar-refractivity contribution in [3.05, 3.63) is 65.6 Å². The number of rotatable bonds is 3. The fourth-order valence-corrected chi connectivity index (χ4v) is 6.03. The van der Waals surface area contributed by atoms with Gasteiger partial charge in [-0.05, 0) is 31.0 Å². The third kappa shape index (κ3) is 3.54. The van der Waals surface area contributed by atoms with Crippen molar-refractivity contribution in [1.82, 2.24) is 10.1 Å². The van der Waals surface area contributed by atoms with Crippen LogP contribution in [0, 0.1) is 0 Å². The highest BCUT2D eigenvalue weighted by molar-refractivity contribution is 6.28. The Kier molecular flexibility index (Phi) is 5.27. The lowest BCUT2D eigenvalue weighted by molar-refractivity contribution is 0.0714. The SMILES string of the molecule is O=C1c2ccccc2-c2onc3c(N4CCCCCC4)cc(N4CCN(C(=O)c5ccco5)CC4)c1c23. The highest BCUT2D eigenvalue weighted by Crippen LogP contribution is 2.47. The minimum absolute atomic E-state index is 0.00260. The number of nitrogens with zero attached hydrogens (tertiary/aromatic N) is 4. The van der Waals surface area contributed by atoms with Crippen LogP contribution in [0.1, 0.15) is 52.2 Å². The third-order valence-electron chi connectivity index (χ3n) is 7.94. The van der Waals surface area contributed by atoms with Gasteiger partial charge in [-0.3, -0.25) is 9.59 Å². The molecule has 3 aliphatic rings. The van der Waals surface area contributed by atoms with E-state index >= 15 is 0 Å². The number of hydrogen-bond acceptors (Lipinski definition) is 7. The quantitative estimate of drug-likeness (QED) is 0.349. The predicted molar refractivity (Wildman–Crippen MR) is 140 cm³/mol. The van der Waals surface area contributed by atoms with E-state index in [1.807, 2.05) is 29.2 Å². The Morgan fingerprint density at radius 2 is 1.54 bits per heavy atom. The first kappa shape index (κ1) is 22.2. The van der Waals surface area contributed by atoms with E-state index in [0.29, 0.717) is 48.8 Å². The van der Waals surface area contributed by atoms with Crippen molar-refractivity contribution in [2.45, 2.75) is 25.7 Å². The summed E-state index contributed by atoms with van der Waals surface area (Å²) in [5.41, 5.74) is 4.81. The molecule has 0 atom stereocenters. The number of piperazine rings is 1. The summed E-state index contributed by atoms with van der Waals surface area (Å²) in [6.07, 6.45) is 6.25. The van der Waals surface area contributed by atoms with E-state index in [-0.39, 0.29) is 11.7 Å². The molecule has 37 heavy (non-hydrogen) atoms. The second-order valence-corrected chi connectivity index (χ2v) is 10.1. The van der Waals surface area contributed by atoms with E-state index in [2.05, 4.69) is 21.0 Å². The minimum Gasteiger partial charge on any atom is -0.459 e. The molecule has 1 aliphatic carbocycles. The molecule has 8 heteroatoms. The lowest BCUT2D eigenvalue weighted by Crippen LogP contribution is -2.49. The Morgan fingerprint density at radius 3 is 2.27 bits per heavy atom. The van der Waals surface area contributed by atoms with Gasteiger partial charge in [-0.15, -0.1) is 0 Å². The standard InChI is InChI=1S/C29H28N4O4/c34-27-19-8-3-4-9-20(19)28-25-24(27)21(18-22(26(25)30-37-28)31-11-5-1-2-6-12-31)32-13-15-33(16-14-32)29(35)23-10-7-17-36-23/h3-4,7-10,17-18H,1-2,5-6,11-16H2. The average Bonchev–Trinajstić information content (AvgIpc) is 3.56. The van der Waals surface area contributed by atoms with Crippen LogP contribution in [0.5, 0.6) is 0 Å². The van der Waals surface area contributed by atoms with Crippen LogP contribution in [-0.4, -0.2) is 61.0 Å². The van der Waals surface area contributed by atoms with Crippen molar-refractivity contribution in [2.24, 2.45) is 0 Å². The lowest BCUT2D eigenvalue weighted by atomic mass is 9.86. The molecule has 0 spiro atoms. The predicted octanol–water partition coefficient (Wildman–Crippen LogP) is 4.98. The van der Waals surface area contributed by atoms with Crippen LogP contribution in [0.15, 0.2) is 57.7 Å². The second kappa shape index (κ2) is 8.80. The van der Waals surface area contributed by atoms with Gasteiger partial charge in [-0.2, -0.15) is 0 Å². The minimum atomic E-state index is -0.0991. The molecule has 2 saturated heterocycles. The highest BCUT2D eigenvalue weighted by atomic mass is 16.5. The first-order valence-corrected chi connectivity index (χ1v) is 13.1. The van der Waals surface area contributed by atoms with Crippen LogP contribution in [0.3, 0.4) is 0 Å². The van der Waals surface area contributed by atoms with E-state index in [0.717, 1.165) is 53.8 Å². The van der Waals surface area contributed by atoms with E-state index in [1.165, 1.54) is 19.1 Å². The Balaban J connectivity index is 1.32. The van der Waals surface area contributed by atoms with E-state index in [1.54, 1.807) is 12.1 Å². The van der Waals surface area contributed by atoms with Crippen LogP contribution in [0.25, 0.3) is 22.2 Å². The third-order valence-corrected chi connectivity index (χ3v) is 7.94. The van der Waals surface area contributed by atoms with E-state index in [9.17, 15) is 9.59 Å². The van der Waals surface area contributed by atoms with Crippen LogP contribution < -0.4 is 9.80 Å².